The first-order chi connectivity index (χ1) is 8.65. The molecule has 4 nitrogen and oxygen atoms in total. The zero-order chi connectivity index (χ0) is 12.7. The number of nitrogens with zero attached hydrogens (tertiary/aromatic N) is 2. The molecule has 1 aliphatic heterocycles. The highest BCUT2D eigenvalue weighted by Gasteiger charge is 2.18. The fourth-order valence-electron chi connectivity index (χ4n) is 2.54. The van der Waals surface area contributed by atoms with Crippen molar-refractivity contribution >= 4 is 16.6 Å². The largest absolute Gasteiger partial charge is 0.371 e. The molecule has 1 N–H and O–H groups in total. The maximum Gasteiger partial charge on any atom is 0.260 e. The van der Waals surface area contributed by atoms with Crippen molar-refractivity contribution in [2.45, 2.75) is 19.8 Å². The van der Waals surface area contributed by atoms with Crippen LogP contribution >= 0.6 is 0 Å². The van der Waals surface area contributed by atoms with Crippen LogP contribution in [0.25, 0.3) is 10.9 Å². The van der Waals surface area contributed by atoms with Gasteiger partial charge in [0.1, 0.15) is 11.6 Å². The van der Waals surface area contributed by atoms with Crippen molar-refractivity contribution in [3.8, 4) is 0 Å². The summed E-state index contributed by atoms with van der Waals surface area (Å²) in [7, 11) is 0. The molecule has 2 heterocycles. The van der Waals surface area contributed by atoms with Gasteiger partial charge in [-0.05, 0) is 25.8 Å². The molecule has 0 spiro atoms. The van der Waals surface area contributed by atoms with Gasteiger partial charge >= 0.3 is 0 Å². The number of benzene rings is 1. The predicted octanol–water partition coefficient (Wildman–Crippen LogP) is 1.97. The zero-order valence-electron chi connectivity index (χ0n) is 10.2. The van der Waals surface area contributed by atoms with Crippen molar-refractivity contribution in [2.75, 3.05) is 18.0 Å². The summed E-state index contributed by atoms with van der Waals surface area (Å²) in [6.45, 7) is 3.43. The Kier molecular flexibility index (Phi) is 2.54. The van der Waals surface area contributed by atoms with Gasteiger partial charge < -0.3 is 9.88 Å². The summed E-state index contributed by atoms with van der Waals surface area (Å²) in [5.41, 5.74) is 0.897. The molecular formula is C13H14FN3O. The van der Waals surface area contributed by atoms with Crippen LogP contribution in [0.2, 0.25) is 0 Å². The average molecular weight is 247 g/mol. The van der Waals surface area contributed by atoms with E-state index in [-0.39, 0.29) is 11.4 Å². The molecule has 0 saturated carbocycles. The van der Waals surface area contributed by atoms with Crippen LogP contribution in [-0.2, 0) is 0 Å². The molecule has 5 heteroatoms. The lowest BCUT2D eigenvalue weighted by atomic mass is 10.2. The van der Waals surface area contributed by atoms with E-state index in [9.17, 15) is 9.18 Å². The number of aromatic nitrogens is 2. The molecule has 1 aliphatic rings. The van der Waals surface area contributed by atoms with Crippen molar-refractivity contribution < 1.29 is 4.39 Å². The van der Waals surface area contributed by atoms with E-state index in [1.807, 2.05) is 0 Å². The lowest BCUT2D eigenvalue weighted by Crippen LogP contribution is -2.21. The van der Waals surface area contributed by atoms with Crippen LogP contribution in [0.3, 0.4) is 0 Å². The van der Waals surface area contributed by atoms with Crippen molar-refractivity contribution in [1.82, 2.24) is 9.97 Å². The number of aromatic amines is 1. The molecule has 1 saturated heterocycles. The summed E-state index contributed by atoms with van der Waals surface area (Å²) in [5, 5.41) is 0.490. The lowest BCUT2D eigenvalue weighted by Gasteiger charge is -2.19. The maximum absolute atomic E-state index is 13.6. The molecule has 0 atom stereocenters. The van der Waals surface area contributed by atoms with Gasteiger partial charge in [0.05, 0.1) is 16.6 Å². The van der Waals surface area contributed by atoms with Gasteiger partial charge in [-0.2, -0.15) is 0 Å². The van der Waals surface area contributed by atoms with Crippen molar-refractivity contribution in [2.24, 2.45) is 0 Å². The summed E-state index contributed by atoms with van der Waals surface area (Å²) in [6, 6.07) is 2.75. The van der Waals surface area contributed by atoms with Crippen molar-refractivity contribution in [3.63, 3.8) is 0 Å². The molecule has 1 aromatic heterocycles. The molecule has 3 rings (SSSR count). The van der Waals surface area contributed by atoms with Crippen LogP contribution in [0.5, 0.6) is 0 Å². The molecule has 1 fully saturated rings. The van der Waals surface area contributed by atoms with Gasteiger partial charge in [0.15, 0.2) is 0 Å². The quantitative estimate of drug-likeness (QED) is 0.838. The van der Waals surface area contributed by atoms with Gasteiger partial charge in [-0.3, -0.25) is 4.79 Å². The number of halogens is 1. The molecule has 2 aromatic rings. The van der Waals surface area contributed by atoms with Crippen LogP contribution in [0.4, 0.5) is 10.1 Å². The number of anilines is 1. The molecule has 18 heavy (non-hydrogen) atoms. The minimum Gasteiger partial charge on any atom is -0.371 e. The van der Waals surface area contributed by atoms with Crippen LogP contribution in [0.15, 0.2) is 16.9 Å². The van der Waals surface area contributed by atoms with E-state index >= 15 is 0 Å². The Labute approximate surface area is 103 Å². The molecule has 1 aromatic carbocycles. The molecule has 0 bridgehead atoms. The van der Waals surface area contributed by atoms with E-state index in [1.54, 1.807) is 6.92 Å². The number of hydrogen-bond acceptors (Lipinski definition) is 3. The first kappa shape index (κ1) is 11.2. The van der Waals surface area contributed by atoms with Crippen molar-refractivity contribution in [1.29, 1.82) is 0 Å². The third-order valence-corrected chi connectivity index (χ3v) is 3.32. The second-order valence-electron chi connectivity index (χ2n) is 4.66. The Morgan fingerprint density at radius 2 is 2.06 bits per heavy atom. The molecular weight excluding hydrogens is 233 g/mol. The summed E-state index contributed by atoms with van der Waals surface area (Å²) >= 11 is 0. The van der Waals surface area contributed by atoms with Gasteiger partial charge in [0.2, 0.25) is 0 Å². The van der Waals surface area contributed by atoms with Crippen LogP contribution in [0.1, 0.15) is 18.7 Å². The highest BCUT2D eigenvalue weighted by molar-refractivity contribution is 5.91. The molecule has 0 aliphatic carbocycles. The van der Waals surface area contributed by atoms with E-state index in [0.29, 0.717) is 22.4 Å². The Balaban J connectivity index is 2.32. The number of hydrogen-bond donors (Lipinski definition) is 1. The van der Waals surface area contributed by atoms with E-state index < -0.39 is 0 Å². The van der Waals surface area contributed by atoms with E-state index in [0.717, 1.165) is 25.9 Å². The first-order valence-electron chi connectivity index (χ1n) is 6.10. The molecule has 0 unspecified atom stereocenters. The van der Waals surface area contributed by atoms with E-state index in [2.05, 4.69) is 14.9 Å². The van der Waals surface area contributed by atoms with E-state index in [4.69, 9.17) is 0 Å². The Bertz CT molecular complexity index is 654. The Morgan fingerprint density at radius 1 is 1.33 bits per heavy atom. The standard InChI is InChI=1S/C13H14FN3O/c1-8-15-10-6-9(14)7-11(12(10)13(18)16-8)17-4-2-3-5-17/h6-7H,2-5H2,1H3,(H,15,16,18). The second-order valence-corrected chi connectivity index (χ2v) is 4.66. The highest BCUT2D eigenvalue weighted by atomic mass is 19.1. The topological polar surface area (TPSA) is 49.0 Å². The van der Waals surface area contributed by atoms with Crippen molar-refractivity contribution in [3.05, 3.63) is 34.1 Å². The predicted molar refractivity (Wildman–Crippen MR) is 68.5 cm³/mol. The van der Waals surface area contributed by atoms with Gasteiger partial charge in [-0.15, -0.1) is 0 Å². The van der Waals surface area contributed by atoms with Gasteiger partial charge in [0.25, 0.3) is 5.56 Å². The Hall–Kier alpha value is -1.91. The number of aryl methyl sites for hydroxylation is 1. The SMILES string of the molecule is Cc1nc2cc(F)cc(N3CCCC3)c2c(=O)[nH]1. The monoisotopic (exact) mass is 247 g/mol. The fraction of sp³-hybridized carbons (Fsp3) is 0.385. The molecule has 94 valence electrons. The zero-order valence-corrected chi connectivity index (χ0v) is 10.2. The number of H-pyrrole nitrogens is 1. The third-order valence-electron chi connectivity index (χ3n) is 3.32. The number of fused-ring (bicyclic) bond motifs is 1. The average Bonchev–Trinajstić information content (AvgIpc) is 2.79. The lowest BCUT2D eigenvalue weighted by molar-refractivity contribution is 0.628. The summed E-state index contributed by atoms with van der Waals surface area (Å²) < 4.78 is 13.6. The van der Waals surface area contributed by atoms with Gasteiger partial charge in [0, 0.05) is 19.2 Å². The van der Waals surface area contributed by atoms with E-state index in [1.165, 1.54) is 12.1 Å². The maximum atomic E-state index is 13.6. The van der Waals surface area contributed by atoms with Gasteiger partial charge in [-0.25, -0.2) is 9.37 Å². The highest BCUT2D eigenvalue weighted by Crippen LogP contribution is 2.27. The normalized spacial score (nSPS) is 15.6. The summed E-state index contributed by atoms with van der Waals surface area (Å²) in [4.78, 5) is 21.0. The minimum absolute atomic E-state index is 0.195. The Morgan fingerprint density at radius 3 is 2.78 bits per heavy atom. The van der Waals surface area contributed by atoms with Crippen LogP contribution in [0, 0.1) is 12.7 Å². The number of rotatable bonds is 1. The second kappa shape index (κ2) is 4.08. The van der Waals surface area contributed by atoms with Gasteiger partial charge in [-0.1, -0.05) is 0 Å². The number of nitrogens with one attached hydrogen (secondary N) is 1. The fourth-order valence-corrected chi connectivity index (χ4v) is 2.54. The smallest absolute Gasteiger partial charge is 0.260 e. The third kappa shape index (κ3) is 1.75. The van der Waals surface area contributed by atoms with Crippen LogP contribution in [-0.4, -0.2) is 23.1 Å². The molecule has 0 amide bonds. The molecule has 0 radical (unpaired) electrons. The minimum atomic E-state index is -0.345. The summed E-state index contributed by atoms with van der Waals surface area (Å²) in [5.74, 6) is 0.160. The summed E-state index contributed by atoms with van der Waals surface area (Å²) in [6.07, 6.45) is 2.16. The first-order valence-corrected chi connectivity index (χ1v) is 6.10. The van der Waals surface area contributed by atoms with Crippen LogP contribution < -0.4 is 10.5 Å².